The summed E-state index contributed by atoms with van der Waals surface area (Å²) < 4.78 is 6.96. The summed E-state index contributed by atoms with van der Waals surface area (Å²) in [6, 6.07) is 0. The molecule has 0 aliphatic carbocycles. The predicted octanol–water partition coefficient (Wildman–Crippen LogP) is 2.85. The second-order valence-electron chi connectivity index (χ2n) is 4.39. The molecule has 0 aromatic carbocycles. The van der Waals surface area contributed by atoms with Crippen LogP contribution in [0.2, 0.25) is 5.02 Å². The van der Waals surface area contributed by atoms with Gasteiger partial charge in [0, 0.05) is 20.2 Å². The standard InChI is InChI=1S/C13H23Cl2N3O/c1-4-11-13(15)12(18(5-2)17-11)8-16-7-6-10(14)9-19-3/h10,16H,4-9H2,1-3H3. The van der Waals surface area contributed by atoms with E-state index in [0.717, 1.165) is 48.9 Å². The van der Waals surface area contributed by atoms with E-state index in [9.17, 15) is 0 Å². The molecule has 6 heteroatoms. The highest BCUT2D eigenvalue weighted by atomic mass is 35.5. The van der Waals surface area contributed by atoms with Gasteiger partial charge in [0.05, 0.1) is 28.4 Å². The van der Waals surface area contributed by atoms with Crippen molar-refractivity contribution in [2.75, 3.05) is 20.3 Å². The third kappa shape index (κ3) is 4.95. The molecule has 1 aromatic heterocycles. The Labute approximate surface area is 125 Å². The van der Waals surface area contributed by atoms with Crippen LogP contribution in [0.15, 0.2) is 0 Å². The molecule has 1 aromatic rings. The number of alkyl halides is 1. The van der Waals surface area contributed by atoms with Gasteiger partial charge in [-0.1, -0.05) is 18.5 Å². The topological polar surface area (TPSA) is 39.1 Å². The van der Waals surface area contributed by atoms with Crippen LogP contribution in [0.5, 0.6) is 0 Å². The van der Waals surface area contributed by atoms with Crippen LogP contribution >= 0.6 is 23.2 Å². The summed E-state index contributed by atoms with van der Waals surface area (Å²) in [6.07, 6.45) is 1.73. The van der Waals surface area contributed by atoms with Crippen LogP contribution < -0.4 is 5.32 Å². The SMILES string of the molecule is CCc1nn(CC)c(CNCCC(Cl)COC)c1Cl. The first-order valence-corrected chi connectivity index (χ1v) is 7.53. The van der Waals surface area contributed by atoms with Gasteiger partial charge < -0.3 is 10.1 Å². The molecule has 0 aliphatic rings. The summed E-state index contributed by atoms with van der Waals surface area (Å²) in [5.74, 6) is 0. The van der Waals surface area contributed by atoms with Crippen molar-refractivity contribution in [3.8, 4) is 0 Å². The molecule has 19 heavy (non-hydrogen) atoms. The molecule has 1 unspecified atom stereocenters. The van der Waals surface area contributed by atoms with Crippen molar-refractivity contribution in [2.24, 2.45) is 0 Å². The van der Waals surface area contributed by atoms with Gasteiger partial charge in [0.25, 0.3) is 0 Å². The highest BCUT2D eigenvalue weighted by Crippen LogP contribution is 2.21. The van der Waals surface area contributed by atoms with Crippen LogP contribution in [0.25, 0.3) is 0 Å². The maximum Gasteiger partial charge on any atom is 0.0863 e. The molecule has 1 atom stereocenters. The molecule has 0 saturated carbocycles. The molecule has 1 heterocycles. The minimum Gasteiger partial charge on any atom is -0.383 e. The van der Waals surface area contributed by atoms with E-state index in [1.54, 1.807) is 7.11 Å². The fourth-order valence-electron chi connectivity index (χ4n) is 1.92. The largest absolute Gasteiger partial charge is 0.383 e. The Bertz CT molecular complexity index is 382. The van der Waals surface area contributed by atoms with Gasteiger partial charge >= 0.3 is 0 Å². The number of ether oxygens (including phenoxy) is 1. The number of aryl methyl sites for hydroxylation is 2. The molecule has 0 fully saturated rings. The highest BCUT2D eigenvalue weighted by Gasteiger charge is 2.13. The van der Waals surface area contributed by atoms with Crippen LogP contribution in [0, 0.1) is 0 Å². The third-order valence-corrected chi connectivity index (χ3v) is 3.75. The minimum absolute atomic E-state index is 0.0512. The van der Waals surface area contributed by atoms with Gasteiger partial charge in [-0.25, -0.2) is 0 Å². The summed E-state index contributed by atoms with van der Waals surface area (Å²) in [5.41, 5.74) is 2.02. The van der Waals surface area contributed by atoms with Crippen LogP contribution in [-0.2, 0) is 24.2 Å². The maximum atomic E-state index is 6.33. The Kier molecular flexibility index (Phi) is 7.76. The highest BCUT2D eigenvalue weighted by molar-refractivity contribution is 6.31. The average molecular weight is 308 g/mol. The number of methoxy groups -OCH3 is 1. The number of halogens is 2. The van der Waals surface area contributed by atoms with E-state index < -0.39 is 0 Å². The first kappa shape index (κ1) is 16.8. The normalized spacial score (nSPS) is 12.9. The zero-order chi connectivity index (χ0) is 14.3. The van der Waals surface area contributed by atoms with E-state index in [4.69, 9.17) is 27.9 Å². The van der Waals surface area contributed by atoms with Gasteiger partial charge in [0.1, 0.15) is 0 Å². The van der Waals surface area contributed by atoms with Crippen molar-refractivity contribution in [2.45, 2.75) is 45.2 Å². The van der Waals surface area contributed by atoms with E-state index in [0.29, 0.717) is 6.61 Å². The van der Waals surface area contributed by atoms with Crippen molar-refractivity contribution >= 4 is 23.2 Å². The number of nitrogens with one attached hydrogen (secondary N) is 1. The lowest BCUT2D eigenvalue weighted by Gasteiger charge is -2.10. The van der Waals surface area contributed by atoms with E-state index in [1.165, 1.54) is 0 Å². The van der Waals surface area contributed by atoms with E-state index in [2.05, 4.69) is 24.3 Å². The molecular weight excluding hydrogens is 285 g/mol. The van der Waals surface area contributed by atoms with Gasteiger partial charge in [-0.05, 0) is 26.3 Å². The fraction of sp³-hybridized carbons (Fsp3) is 0.769. The smallest absolute Gasteiger partial charge is 0.0863 e. The molecule has 0 bridgehead atoms. The summed E-state index contributed by atoms with van der Waals surface area (Å²) >= 11 is 12.4. The van der Waals surface area contributed by atoms with Gasteiger partial charge in [-0.2, -0.15) is 5.10 Å². The molecule has 0 radical (unpaired) electrons. The summed E-state index contributed by atoms with van der Waals surface area (Å²) in [6.45, 7) is 7.10. The predicted molar refractivity (Wildman–Crippen MR) is 80.1 cm³/mol. The maximum absolute atomic E-state index is 6.33. The van der Waals surface area contributed by atoms with Crippen molar-refractivity contribution in [1.82, 2.24) is 15.1 Å². The van der Waals surface area contributed by atoms with Gasteiger partial charge in [-0.15, -0.1) is 11.6 Å². The number of hydrogen-bond acceptors (Lipinski definition) is 3. The van der Waals surface area contributed by atoms with Crippen molar-refractivity contribution in [1.29, 1.82) is 0 Å². The van der Waals surface area contributed by atoms with Crippen molar-refractivity contribution < 1.29 is 4.74 Å². The first-order valence-electron chi connectivity index (χ1n) is 6.71. The van der Waals surface area contributed by atoms with Gasteiger partial charge in [0.2, 0.25) is 0 Å². The fourth-order valence-corrected chi connectivity index (χ4v) is 2.49. The zero-order valence-corrected chi connectivity index (χ0v) is 13.4. The van der Waals surface area contributed by atoms with E-state index in [-0.39, 0.29) is 5.38 Å². The second kappa shape index (κ2) is 8.80. The molecule has 1 N–H and O–H groups in total. The lowest BCUT2D eigenvalue weighted by Crippen LogP contribution is -2.21. The molecule has 0 saturated heterocycles. The van der Waals surface area contributed by atoms with Gasteiger partial charge in [0.15, 0.2) is 0 Å². The molecule has 0 spiro atoms. The molecule has 0 aliphatic heterocycles. The zero-order valence-electron chi connectivity index (χ0n) is 11.9. The monoisotopic (exact) mass is 307 g/mol. The Morgan fingerprint density at radius 3 is 2.74 bits per heavy atom. The quantitative estimate of drug-likeness (QED) is 0.563. The van der Waals surface area contributed by atoms with Crippen molar-refractivity contribution in [3.63, 3.8) is 0 Å². The summed E-state index contributed by atoms with van der Waals surface area (Å²) in [4.78, 5) is 0. The van der Waals surface area contributed by atoms with Crippen LogP contribution in [0.4, 0.5) is 0 Å². The number of aromatic nitrogens is 2. The molecule has 4 nitrogen and oxygen atoms in total. The van der Waals surface area contributed by atoms with Gasteiger partial charge in [-0.3, -0.25) is 4.68 Å². The Hall–Kier alpha value is -0.290. The number of hydrogen-bond donors (Lipinski definition) is 1. The average Bonchev–Trinajstić information content (AvgIpc) is 2.71. The van der Waals surface area contributed by atoms with Crippen molar-refractivity contribution in [3.05, 3.63) is 16.4 Å². The first-order chi connectivity index (χ1) is 9.13. The molecular formula is C13H23Cl2N3O. The Morgan fingerprint density at radius 2 is 2.16 bits per heavy atom. The lowest BCUT2D eigenvalue weighted by atomic mass is 10.3. The van der Waals surface area contributed by atoms with E-state index in [1.807, 2.05) is 4.68 Å². The van der Waals surface area contributed by atoms with E-state index >= 15 is 0 Å². The molecule has 1 rings (SSSR count). The second-order valence-corrected chi connectivity index (χ2v) is 5.39. The Morgan fingerprint density at radius 1 is 1.42 bits per heavy atom. The van der Waals surface area contributed by atoms with Crippen LogP contribution in [0.3, 0.4) is 0 Å². The number of nitrogens with zero attached hydrogens (tertiary/aromatic N) is 2. The minimum atomic E-state index is 0.0512. The molecule has 0 amide bonds. The Balaban J connectivity index is 2.46. The molecule has 110 valence electrons. The summed E-state index contributed by atoms with van der Waals surface area (Å²) in [7, 11) is 1.66. The summed E-state index contributed by atoms with van der Waals surface area (Å²) in [5, 5.41) is 8.69. The van der Waals surface area contributed by atoms with Crippen LogP contribution in [0.1, 0.15) is 31.7 Å². The van der Waals surface area contributed by atoms with Crippen LogP contribution in [-0.4, -0.2) is 35.4 Å². The third-order valence-electron chi connectivity index (χ3n) is 2.97. The number of rotatable bonds is 9. The lowest BCUT2D eigenvalue weighted by molar-refractivity contribution is 0.195.